The quantitative estimate of drug-likeness (QED) is 0.895. The molecule has 1 saturated heterocycles. The molecule has 0 spiro atoms. The van der Waals surface area contributed by atoms with Crippen LogP contribution in [0.3, 0.4) is 0 Å². The summed E-state index contributed by atoms with van der Waals surface area (Å²) in [5, 5.41) is 8.88. The molecule has 18 heavy (non-hydrogen) atoms. The highest BCUT2D eigenvalue weighted by atomic mass is 19.1. The molecule has 1 aliphatic heterocycles. The maximum Gasteiger partial charge on any atom is 0.410 e. The Labute approximate surface area is 104 Å². The van der Waals surface area contributed by atoms with Gasteiger partial charge in [0.05, 0.1) is 12.9 Å². The highest BCUT2D eigenvalue weighted by Gasteiger charge is 2.35. The van der Waals surface area contributed by atoms with Crippen molar-refractivity contribution < 1.29 is 23.4 Å². The number of halogens is 1. The van der Waals surface area contributed by atoms with Crippen LogP contribution in [0, 0.1) is 0 Å². The van der Waals surface area contributed by atoms with Gasteiger partial charge in [0.1, 0.15) is 11.4 Å². The summed E-state index contributed by atoms with van der Waals surface area (Å²) in [5.74, 6) is 0.565. The molecule has 0 atom stereocenters. The van der Waals surface area contributed by atoms with Crippen LogP contribution in [0.5, 0.6) is 0 Å². The molecule has 0 saturated carbocycles. The fraction of sp³-hybridized carbons (Fsp3) is 0.583. The molecule has 1 amide bonds. The highest BCUT2D eigenvalue weighted by Crippen LogP contribution is 2.26. The average molecular weight is 257 g/mol. The topological polar surface area (TPSA) is 62.9 Å². The second-order valence-corrected chi connectivity index (χ2v) is 4.43. The van der Waals surface area contributed by atoms with Crippen molar-refractivity contribution in [1.82, 2.24) is 4.90 Å². The molecule has 0 bridgehead atoms. The number of alkyl halides is 1. The molecule has 2 rings (SSSR count). The first kappa shape index (κ1) is 12.9. The lowest BCUT2D eigenvalue weighted by atomic mass is 9.95. The van der Waals surface area contributed by atoms with Gasteiger partial charge in [0.2, 0.25) is 0 Å². The lowest BCUT2D eigenvalue weighted by molar-refractivity contribution is 0.00448. The Morgan fingerprint density at radius 1 is 1.56 bits per heavy atom. The second-order valence-electron chi connectivity index (χ2n) is 4.43. The van der Waals surface area contributed by atoms with E-state index in [0.717, 1.165) is 0 Å². The summed E-state index contributed by atoms with van der Waals surface area (Å²) in [6.07, 6.45) is 1.30. The van der Waals surface area contributed by atoms with Gasteiger partial charge in [-0.2, -0.15) is 0 Å². The van der Waals surface area contributed by atoms with Crippen molar-refractivity contribution in [3.63, 3.8) is 0 Å². The van der Waals surface area contributed by atoms with Crippen LogP contribution in [0.25, 0.3) is 0 Å². The maximum absolute atomic E-state index is 13.7. The molecule has 100 valence electrons. The Kier molecular flexibility index (Phi) is 3.86. The van der Waals surface area contributed by atoms with Crippen LogP contribution < -0.4 is 0 Å². The molecule has 0 radical (unpaired) electrons. The summed E-state index contributed by atoms with van der Waals surface area (Å²) in [4.78, 5) is 13.1. The number of likely N-dealkylation sites (tertiary alicyclic amines) is 1. The van der Waals surface area contributed by atoms with Crippen molar-refractivity contribution in [3.05, 3.63) is 24.2 Å². The molecule has 1 aromatic rings. The van der Waals surface area contributed by atoms with E-state index in [-0.39, 0.29) is 32.5 Å². The van der Waals surface area contributed by atoms with Gasteiger partial charge in [0.15, 0.2) is 6.61 Å². The number of carbonyl (C=O) groups excluding carboxylic acids is 1. The number of hydrogen-bond donors (Lipinski definition) is 1. The van der Waals surface area contributed by atoms with Crippen molar-refractivity contribution >= 4 is 6.09 Å². The van der Waals surface area contributed by atoms with Gasteiger partial charge in [0, 0.05) is 25.9 Å². The predicted octanol–water partition coefficient (Wildman–Crippen LogP) is 1.71. The third kappa shape index (κ3) is 3.01. The minimum absolute atomic E-state index is 0.0725. The Balaban J connectivity index is 1.77. The zero-order valence-corrected chi connectivity index (χ0v) is 9.97. The Bertz CT molecular complexity index is 385. The van der Waals surface area contributed by atoms with Crippen molar-refractivity contribution in [3.8, 4) is 0 Å². The number of amides is 1. The minimum Gasteiger partial charge on any atom is -0.466 e. The van der Waals surface area contributed by atoms with Gasteiger partial charge in [-0.15, -0.1) is 0 Å². The summed E-state index contributed by atoms with van der Waals surface area (Å²) in [5.41, 5.74) is -1.56. The van der Waals surface area contributed by atoms with Crippen LogP contribution in [0.15, 0.2) is 22.8 Å². The van der Waals surface area contributed by atoms with E-state index in [1.807, 2.05) is 0 Å². The first-order chi connectivity index (χ1) is 8.63. The molecule has 1 aromatic heterocycles. The monoisotopic (exact) mass is 257 g/mol. The van der Waals surface area contributed by atoms with E-state index in [1.165, 1.54) is 11.2 Å². The largest absolute Gasteiger partial charge is 0.466 e. The van der Waals surface area contributed by atoms with Gasteiger partial charge >= 0.3 is 6.09 Å². The van der Waals surface area contributed by atoms with Gasteiger partial charge < -0.3 is 19.2 Å². The van der Waals surface area contributed by atoms with Gasteiger partial charge in [0.25, 0.3) is 0 Å². The van der Waals surface area contributed by atoms with E-state index in [1.54, 1.807) is 12.1 Å². The molecule has 0 unspecified atom stereocenters. The van der Waals surface area contributed by atoms with Crippen molar-refractivity contribution in [2.75, 3.05) is 19.7 Å². The minimum atomic E-state index is -1.56. The van der Waals surface area contributed by atoms with Crippen LogP contribution >= 0.6 is 0 Å². The standard InChI is InChI=1S/C12H16FNO4/c13-12(9-15)3-5-14(6-4-12)11(16)18-8-10-2-1-7-17-10/h1-2,7,15H,3-6,8-9H2. The van der Waals surface area contributed by atoms with Crippen molar-refractivity contribution in [1.29, 1.82) is 0 Å². The molecule has 5 nitrogen and oxygen atoms in total. The van der Waals surface area contributed by atoms with Gasteiger partial charge in [-0.25, -0.2) is 9.18 Å². The lowest BCUT2D eigenvalue weighted by Crippen LogP contribution is -2.46. The van der Waals surface area contributed by atoms with E-state index in [0.29, 0.717) is 5.76 Å². The maximum atomic E-state index is 13.7. The van der Waals surface area contributed by atoms with Crippen molar-refractivity contribution in [2.45, 2.75) is 25.1 Å². The number of nitrogens with zero attached hydrogens (tertiary/aromatic N) is 1. The van der Waals surface area contributed by atoms with Crippen LogP contribution in [0.2, 0.25) is 0 Å². The van der Waals surface area contributed by atoms with Gasteiger partial charge in [-0.1, -0.05) is 0 Å². The third-order valence-electron chi connectivity index (χ3n) is 3.12. The summed E-state index contributed by atoms with van der Waals surface area (Å²) in [7, 11) is 0. The molecule has 1 fully saturated rings. The van der Waals surface area contributed by atoms with E-state index < -0.39 is 18.4 Å². The summed E-state index contributed by atoms with van der Waals surface area (Å²) in [6, 6.07) is 3.42. The number of ether oxygens (including phenoxy) is 1. The number of piperidine rings is 1. The zero-order valence-electron chi connectivity index (χ0n) is 9.97. The number of aliphatic hydroxyl groups excluding tert-OH is 1. The Morgan fingerprint density at radius 2 is 2.28 bits per heavy atom. The van der Waals surface area contributed by atoms with E-state index >= 15 is 0 Å². The molecular weight excluding hydrogens is 241 g/mol. The number of hydrogen-bond acceptors (Lipinski definition) is 4. The van der Waals surface area contributed by atoms with Gasteiger partial charge in [-0.05, 0) is 12.1 Å². The number of carbonyl (C=O) groups is 1. The van der Waals surface area contributed by atoms with Crippen LogP contribution in [-0.4, -0.2) is 41.5 Å². The Morgan fingerprint density at radius 3 is 2.83 bits per heavy atom. The van der Waals surface area contributed by atoms with E-state index in [4.69, 9.17) is 14.3 Å². The first-order valence-electron chi connectivity index (χ1n) is 5.87. The van der Waals surface area contributed by atoms with Crippen molar-refractivity contribution in [2.24, 2.45) is 0 Å². The number of aliphatic hydroxyl groups is 1. The van der Waals surface area contributed by atoms with Crippen LogP contribution in [-0.2, 0) is 11.3 Å². The molecule has 6 heteroatoms. The average Bonchev–Trinajstić information content (AvgIpc) is 2.90. The first-order valence-corrected chi connectivity index (χ1v) is 5.87. The highest BCUT2D eigenvalue weighted by molar-refractivity contribution is 5.67. The zero-order chi connectivity index (χ0) is 13.0. The molecule has 0 aliphatic carbocycles. The van der Waals surface area contributed by atoms with Crippen LogP contribution in [0.1, 0.15) is 18.6 Å². The second kappa shape index (κ2) is 5.39. The van der Waals surface area contributed by atoms with Gasteiger partial charge in [-0.3, -0.25) is 0 Å². The molecule has 2 heterocycles. The Hall–Kier alpha value is -1.56. The molecule has 1 N–H and O–H groups in total. The smallest absolute Gasteiger partial charge is 0.410 e. The molecule has 1 aliphatic rings. The molecule has 0 aromatic carbocycles. The third-order valence-corrected chi connectivity index (χ3v) is 3.12. The fourth-order valence-electron chi connectivity index (χ4n) is 1.87. The van der Waals surface area contributed by atoms with E-state index in [2.05, 4.69) is 0 Å². The summed E-state index contributed by atoms with van der Waals surface area (Å²) >= 11 is 0. The van der Waals surface area contributed by atoms with E-state index in [9.17, 15) is 9.18 Å². The fourth-order valence-corrected chi connectivity index (χ4v) is 1.87. The molecular formula is C12H16FNO4. The van der Waals surface area contributed by atoms with Crippen LogP contribution in [0.4, 0.5) is 9.18 Å². The SMILES string of the molecule is O=C(OCc1ccco1)N1CCC(F)(CO)CC1. The lowest BCUT2D eigenvalue weighted by Gasteiger charge is -2.34. The number of furan rings is 1. The summed E-state index contributed by atoms with van der Waals surface area (Å²) < 4.78 is 23.8. The summed E-state index contributed by atoms with van der Waals surface area (Å²) in [6.45, 7) is 0.0908. The predicted molar refractivity (Wildman–Crippen MR) is 60.6 cm³/mol. The number of rotatable bonds is 3. The normalized spacial score (nSPS) is 18.7.